The summed E-state index contributed by atoms with van der Waals surface area (Å²) in [7, 11) is 0. The van der Waals surface area contributed by atoms with E-state index < -0.39 is 5.60 Å². The number of fused-ring (bicyclic) bond motifs is 1. The Balaban J connectivity index is 0.949. The maximum atomic E-state index is 13.1. The average Bonchev–Trinajstić information content (AvgIpc) is 3.59. The van der Waals surface area contributed by atoms with Gasteiger partial charge in [-0.05, 0) is 103 Å². The highest BCUT2D eigenvalue weighted by Crippen LogP contribution is 2.55. The predicted molar refractivity (Wildman–Crippen MR) is 181 cm³/mol. The Labute approximate surface area is 265 Å². The average molecular weight is 599 g/mol. The van der Waals surface area contributed by atoms with E-state index in [1.165, 1.54) is 77.1 Å². The van der Waals surface area contributed by atoms with Gasteiger partial charge < -0.3 is 9.72 Å². The highest BCUT2D eigenvalue weighted by Gasteiger charge is 2.55. The number of ether oxygens (including phenoxy) is 1. The lowest BCUT2D eigenvalue weighted by Gasteiger charge is -2.28. The largest absolute Gasteiger partial charge is 0.444 e. The Kier molecular flexibility index (Phi) is 6.74. The first-order chi connectivity index (χ1) is 21.7. The second kappa shape index (κ2) is 10.7. The summed E-state index contributed by atoms with van der Waals surface area (Å²) in [5.74, 6) is 1.73. The van der Waals surface area contributed by atoms with Crippen LogP contribution in [0.2, 0.25) is 0 Å². The topological polar surface area (TPSA) is 70.6 Å². The van der Waals surface area contributed by atoms with E-state index >= 15 is 0 Å². The van der Waals surface area contributed by atoms with Crippen LogP contribution in [0.25, 0.3) is 38.7 Å². The van der Waals surface area contributed by atoms with E-state index in [0.29, 0.717) is 5.92 Å². The van der Waals surface area contributed by atoms with Crippen LogP contribution in [0.4, 0.5) is 4.79 Å². The molecule has 3 fully saturated rings. The van der Waals surface area contributed by atoms with Gasteiger partial charge in [0.1, 0.15) is 11.4 Å². The lowest BCUT2D eigenvalue weighted by molar-refractivity contribution is 0.0257. The molecular weight excluding hydrogens is 556 g/mol. The molecule has 0 unspecified atom stereocenters. The smallest absolute Gasteiger partial charge is 0.410 e. The van der Waals surface area contributed by atoms with Crippen LogP contribution in [0.1, 0.15) is 89.4 Å². The number of imidazole rings is 1. The Bertz CT molecular complexity index is 1830. The van der Waals surface area contributed by atoms with Crippen molar-refractivity contribution in [3.05, 3.63) is 84.4 Å². The van der Waals surface area contributed by atoms with E-state index in [2.05, 4.69) is 65.6 Å². The molecule has 3 heterocycles. The number of likely N-dealkylation sites (tertiary alicyclic amines) is 1. The third kappa shape index (κ3) is 5.60. The molecular formula is C39H42N4O2. The standard InChI is InChI=1S/C39H42N4O2/c1-38(2,3)45-37(44)43-24-39(16-17-39)21-35(43)33-20-32(22-40-33)26-10-8-25(9-11-26)28-12-13-30-19-31(15-14-29(30)18-28)34-23-41-36(42-34)27-6-4-5-7-27/h8-15,18-19,22-23,27,35H,4-7,16-17,20-21,24H2,1-3H3,(H,41,42)/t35-/m0/s1. The minimum Gasteiger partial charge on any atom is -0.444 e. The molecule has 1 aromatic heterocycles. The molecule has 2 aliphatic heterocycles. The molecule has 1 atom stereocenters. The Morgan fingerprint density at radius 2 is 1.58 bits per heavy atom. The third-order valence-electron chi connectivity index (χ3n) is 10.3. The Morgan fingerprint density at radius 3 is 2.29 bits per heavy atom. The molecule has 1 saturated heterocycles. The van der Waals surface area contributed by atoms with Crippen molar-refractivity contribution < 1.29 is 9.53 Å². The fourth-order valence-corrected chi connectivity index (χ4v) is 7.59. The van der Waals surface area contributed by atoms with Gasteiger partial charge in [0.25, 0.3) is 0 Å². The molecule has 0 bridgehead atoms. The molecule has 0 radical (unpaired) electrons. The van der Waals surface area contributed by atoms with Crippen molar-refractivity contribution in [3.63, 3.8) is 0 Å². The number of amides is 1. The zero-order valence-electron chi connectivity index (χ0n) is 26.6. The number of aliphatic imine (C=N–C) groups is 1. The number of rotatable bonds is 5. The van der Waals surface area contributed by atoms with Crippen LogP contribution in [0.3, 0.4) is 0 Å². The number of aromatic nitrogens is 2. The number of carbonyl (C=O) groups is 1. The lowest BCUT2D eigenvalue weighted by atomic mass is 9.94. The van der Waals surface area contributed by atoms with Gasteiger partial charge in [0, 0.05) is 36.4 Å². The quantitative estimate of drug-likeness (QED) is 0.249. The maximum Gasteiger partial charge on any atom is 0.410 e. The minimum absolute atomic E-state index is 0.0242. The second-order valence-electron chi connectivity index (χ2n) is 14.8. The predicted octanol–water partition coefficient (Wildman–Crippen LogP) is 9.53. The molecule has 4 aromatic rings. The van der Waals surface area contributed by atoms with E-state index in [9.17, 15) is 4.79 Å². The normalized spacial score (nSPS) is 21.0. The van der Waals surface area contributed by atoms with Crippen LogP contribution < -0.4 is 0 Å². The number of carbonyl (C=O) groups excluding carboxylic acids is 1. The number of allylic oxidation sites excluding steroid dienone is 1. The van der Waals surface area contributed by atoms with Gasteiger partial charge in [0.2, 0.25) is 0 Å². The third-order valence-corrected chi connectivity index (χ3v) is 10.3. The highest BCUT2D eigenvalue weighted by molar-refractivity contribution is 6.03. The van der Waals surface area contributed by atoms with Gasteiger partial charge in [0.05, 0.1) is 17.9 Å². The van der Waals surface area contributed by atoms with Crippen LogP contribution in [-0.2, 0) is 4.74 Å². The first kappa shape index (κ1) is 28.3. The molecule has 6 nitrogen and oxygen atoms in total. The summed E-state index contributed by atoms with van der Waals surface area (Å²) < 4.78 is 5.78. The molecule has 2 saturated carbocycles. The van der Waals surface area contributed by atoms with Crippen molar-refractivity contribution in [1.29, 1.82) is 0 Å². The van der Waals surface area contributed by atoms with Crippen LogP contribution in [0.15, 0.2) is 78.1 Å². The molecule has 1 amide bonds. The number of nitrogens with zero attached hydrogens (tertiary/aromatic N) is 3. The van der Waals surface area contributed by atoms with Crippen LogP contribution in [-0.4, -0.2) is 44.9 Å². The summed E-state index contributed by atoms with van der Waals surface area (Å²) in [5, 5.41) is 2.46. The monoisotopic (exact) mass is 598 g/mol. The van der Waals surface area contributed by atoms with Gasteiger partial charge in [-0.1, -0.05) is 61.4 Å². The summed E-state index contributed by atoms with van der Waals surface area (Å²) in [4.78, 5) is 28.2. The fraction of sp³-hybridized carbons (Fsp3) is 0.410. The van der Waals surface area contributed by atoms with Crippen LogP contribution >= 0.6 is 0 Å². The van der Waals surface area contributed by atoms with Crippen LogP contribution in [0.5, 0.6) is 0 Å². The van der Waals surface area contributed by atoms with E-state index in [0.717, 1.165) is 36.6 Å². The van der Waals surface area contributed by atoms with Crippen molar-refractivity contribution in [2.24, 2.45) is 10.4 Å². The lowest BCUT2D eigenvalue weighted by Crippen LogP contribution is -2.43. The number of hydrogen-bond donors (Lipinski definition) is 1. The summed E-state index contributed by atoms with van der Waals surface area (Å²) in [6, 6.07) is 22.2. The maximum absolute atomic E-state index is 13.1. The van der Waals surface area contributed by atoms with Crippen molar-refractivity contribution in [2.75, 3.05) is 6.54 Å². The van der Waals surface area contributed by atoms with Crippen molar-refractivity contribution >= 4 is 28.2 Å². The van der Waals surface area contributed by atoms with Gasteiger partial charge in [-0.3, -0.25) is 9.89 Å². The van der Waals surface area contributed by atoms with E-state index in [-0.39, 0.29) is 17.6 Å². The van der Waals surface area contributed by atoms with E-state index in [1.807, 2.05) is 38.1 Å². The molecule has 2 aliphatic carbocycles. The number of nitrogens with one attached hydrogen (secondary N) is 1. The van der Waals surface area contributed by atoms with Gasteiger partial charge in [-0.2, -0.15) is 0 Å². The van der Waals surface area contributed by atoms with Gasteiger partial charge >= 0.3 is 6.09 Å². The minimum atomic E-state index is -0.503. The first-order valence-corrected chi connectivity index (χ1v) is 16.7. The van der Waals surface area contributed by atoms with E-state index in [4.69, 9.17) is 14.7 Å². The fourth-order valence-electron chi connectivity index (χ4n) is 7.59. The number of hydrogen-bond acceptors (Lipinski definition) is 4. The van der Waals surface area contributed by atoms with Crippen molar-refractivity contribution in [3.8, 4) is 22.4 Å². The molecule has 1 spiro atoms. The van der Waals surface area contributed by atoms with Gasteiger partial charge in [0.15, 0.2) is 0 Å². The SMILES string of the molecule is CC(C)(C)OC(=O)N1CC2(CC2)C[C@H]1C1=NC=C(c2ccc(-c3ccc4cc(-c5cnc(C6CCCC6)[nH]5)ccc4c3)cc2)C1. The second-order valence-corrected chi connectivity index (χ2v) is 14.8. The summed E-state index contributed by atoms with van der Waals surface area (Å²) in [6.07, 6.45) is 13.1. The first-order valence-electron chi connectivity index (χ1n) is 16.7. The molecule has 8 rings (SSSR count). The van der Waals surface area contributed by atoms with Gasteiger partial charge in [-0.25, -0.2) is 9.78 Å². The Morgan fingerprint density at radius 1 is 0.911 bits per heavy atom. The molecule has 3 aromatic carbocycles. The van der Waals surface area contributed by atoms with Gasteiger partial charge in [-0.15, -0.1) is 0 Å². The van der Waals surface area contributed by atoms with Crippen molar-refractivity contribution in [2.45, 2.75) is 89.7 Å². The molecule has 45 heavy (non-hydrogen) atoms. The number of aromatic amines is 1. The zero-order chi connectivity index (χ0) is 30.8. The number of H-pyrrole nitrogens is 1. The van der Waals surface area contributed by atoms with Crippen LogP contribution in [0, 0.1) is 5.41 Å². The highest BCUT2D eigenvalue weighted by atomic mass is 16.6. The summed E-state index contributed by atoms with van der Waals surface area (Å²) >= 11 is 0. The summed E-state index contributed by atoms with van der Waals surface area (Å²) in [6.45, 7) is 6.58. The Hall–Kier alpha value is -4.19. The zero-order valence-corrected chi connectivity index (χ0v) is 26.6. The molecule has 230 valence electrons. The molecule has 1 N–H and O–H groups in total. The number of benzene rings is 3. The van der Waals surface area contributed by atoms with E-state index in [1.54, 1.807) is 0 Å². The van der Waals surface area contributed by atoms with Crippen molar-refractivity contribution in [1.82, 2.24) is 14.9 Å². The molecule has 4 aliphatic rings. The molecule has 6 heteroatoms. The summed E-state index contributed by atoms with van der Waals surface area (Å²) in [5.41, 5.74) is 7.93.